The zero-order chi connectivity index (χ0) is 11.8. The zero-order valence-corrected chi connectivity index (χ0v) is 9.15. The van der Waals surface area contributed by atoms with E-state index in [1.807, 2.05) is 29.5 Å². The number of hydrogen-bond donors (Lipinski definition) is 1. The summed E-state index contributed by atoms with van der Waals surface area (Å²) in [6.07, 6.45) is 12.0. The SMILES string of the molecule is NC(=O)C1C=CC2CC3=CN=CC=CN3C2=N1. The molecule has 0 spiro atoms. The normalized spacial score (nSPS) is 29.3. The van der Waals surface area contributed by atoms with Crippen molar-refractivity contribution in [1.29, 1.82) is 0 Å². The fraction of sp³-hybridized carbons (Fsp3) is 0.250. The monoisotopic (exact) mass is 228 g/mol. The van der Waals surface area contributed by atoms with E-state index in [1.54, 1.807) is 12.3 Å². The molecule has 0 aromatic rings. The first kappa shape index (κ1) is 10.0. The number of carbonyl (C=O) groups is 1. The molecule has 0 radical (unpaired) electrons. The number of nitrogens with zero attached hydrogens (tertiary/aromatic N) is 3. The van der Waals surface area contributed by atoms with E-state index in [2.05, 4.69) is 9.98 Å². The Balaban J connectivity index is 1.99. The minimum atomic E-state index is -0.543. The van der Waals surface area contributed by atoms with Crippen molar-refractivity contribution >= 4 is 18.0 Å². The van der Waals surface area contributed by atoms with Gasteiger partial charge < -0.3 is 10.6 Å². The first-order valence-corrected chi connectivity index (χ1v) is 5.49. The highest BCUT2D eigenvalue weighted by molar-refractivity contribution is 5.96. The molecule has 3 rings (SSSR count). The Hall–Kier alpha value is -2.17. The molecule has 0 bridgehead atoms. The molecule has 2 unspecified atom stereocenters. The van der Waals surface area contributed by atoms with Gasteiger partial charge in [0.05, 0.1) is 0 Å². The van der Waals surface area contributed by atoms with Gasteiger partial charge in [0.2, 0.25) is 5.91 Å². The molecule has 2 atom stereocenters. The molecule has 0 aromatic heterocycles. The maximum atomic E-state index is 11.2. The molecule has 1 saturated heterocycles. The number of fused-ring (bicyclic) bond motifs is 3. The van der Waals surface area contributed by atoms with Crippen LogP contribution in [0.3, 0.4) is 0 Å². The van der Waals surface area contributed by atoms with Crippen LogP contribution in [0, 0.1) is 5.92 Å². The fourth-order valence-electron chi connectivity index (χ4n) is 2.23. The number of hydrogen-bond acceptors (Lipinski definition) is 4. The van der Waals surface area contributed by atoms with Crippen LogP contribution in [0.4, 0.5) is 0 Å². The first-order valence-electron chi connectivity index (χ1n) is 5.49. The Kier molecular flexibility index (Phi) is 2.18. The molecular formula is C12H12N4O. The Morgan fingerprint density at radius 2 is 2.35 bits per heavy atom. The predicted octanol–water partition coefficient (Wildman–Crippen LogP) is 0.570. The second kappa shape index (κ2) is 3.69. The summed E-state index contributed by atoms with van der Waals surface area (Å²) < 4.78 is 0. The van der Waals surface area contributed by atoms with Crippen molar-refractivity contribution in [2.24, 2.45) is 21.6 Å². The molecular weight excluding hydrogens is 216 g/mol. The summed E-state index contributed by atoms with van der Waals surface area (Å²) in [4.78, 5) is 21.7. The van der Waals surface area contributed by atoms with Crippen LogP contribution in [0.1, 0.15) is 6.42 Å². The predicted molar refractivity (Wildman–Crippen MR) is 65.2 cm³/mol. The van der Waals surface area contributed by atoms with E-state index in [0.29, 0.717) is 0 Å². The average Bonchev–Trinajstić information content (AvgIpc) is 2.51. The standard InChI is InChI=1S/C12H12N4O/c13-11(17)10-3-2-8-6-9-7-14-4-1-5-16(9)12(8)15-10/h1-5,7-8,10H,6H2,(H2,13,17). The van der Waals surface area contributed by atoms with Gasteiger partial charge in [-0.3, -0.25) is 14.8 Å². The fourth-order valence-corrected chi connectivity index (χ4v) is 2.23. The molecule has 0 saturated carbocycles. The summed E-state index contributed by atoms with van der Waals surface area (Å²) in [5, 5.41) is 0. The molecule has 3 heterocycles. The highest BCUT2D eigenvalue weighted by Gasteiger charge is 2.34. The van der Waals surface area contributed by atoms with Gasteiger partial charge in [0, 0.05) is 36.7 Å². The van der Waals surface area contributed by atoms with Gasteiger partial charge in [0.15, 0.2) is 0 Å². The Morgan fingerprint density at radius 3 is 3.18 bits per heavy atom. The molecule has 3 aliphatic heterocycles. The number of carbonyl (C=O) groups excluding carboxylic acids is 1. The van der Waals surface area contributed by atoms with E-state index in [1.165, 1.54) is 0 Å². The van der Waals surface area contributed by atoms with Crippen LogP contribution in [0.2, 0.25) is 0 Å². The minimum Gasteiger partial charge on any atom is -0.368 e. The third kappa shape index (κ3) is 1.60. The van der Waals surface area contributed by atoms with E-state index in [0.717, 1.165) is 18.0 Å². The number of amidine groups is 1. The third-order valence-electron chi connectivity index (χ3n) is 3.04. The number of dihydropyridines is 1. The van der Waals surface area contributed by atoms with E-state index in [4.69, 9.17) is 5.73 Å². The number of amides is 1. The lowest BCUT2D eigenvalue weighted by molar-refractivity contribution is -0.118. The smallest absolute Gasteiger partial charge is 0.246 e. The van der Waals surface area contributed by atoms with Gasteiger partial charge in [-0.1, -0.05) is 12.2 Å². The molecule has 1 fully saturated rings. The van der Waals surface area contributed by atoms with Crippen LogP contribution >= 0.6 is 0 Å². The second-order valence-electron chi connectivity index (χ2n) is 4.16. The van der Waals surface area contributed by atoms with Gasteiger partial charge in [-0.25, -0.2) is 0 Å². The van der Waals surface area contributed by atoms with E-state index >= 15 is 0 Å². The third-order valence-corrected chi connectivity index (χ3v) is 3.04. The summed E-state index contributed by atoms with van der Waals surface area (Å²) >= 11 is 0. The molecule has 17 heavy (non-hydrogen) atoms. The van der Waals surface area contributed by atoms with Crippen LogP contribution in [-0.4, -0.2) is 28.9 Å². The van der Waals surface area contributed by atoms with Crippen molar-refractivity contribution in [3.8, 4) is 0 Å². The molecule has 2 N–H and O–H groups in total. The summed E-state index contributed by atoms with van der Waals surface area (Å²) in [7, 11) is 0. The van der Waals surface area contributed by atoms with Gasteiger partial charge >= 0.3 is 0 Å². The van der Waals surface area contributed by atoms with Gasteiger partial charge in [0.25, 0.3) is 0 Å². The van der Waals surface area contributed by atoms with Gasteiger partial charge in [-0.05, 0) is 6.08 Å². The molecule has 1 amide bonds. The van der Waals surface area contributed by atoms with E-state index < -0.39 is 11.9 Å². The Bertz CT molecular complexity index is 513. The van der Waals surface area contributed by atoms with Crippen molar-refractivity contribution in [2.45, 2.75) is 12.5 Å². The number of aliphatic imine (C=N–C) groups is 2. The van der Waals surface area contributed by atoms with Crippen molar-refractivity contribution < 1.29 is 4.79 Å². The molecule has 3 aliphatic rings. The minimum absolute atomic E-state index is 0.231. The van der Waals surface area contributed by atoms with Crippen molar-refractivity contribution in [2.75, 3.05) is 0 Å². The van der Waals surface area contributed by atoms with Gasteiger partial charge in [-0.2, -0.15) is 0 Å². The molecule has 0 aromatic carbocycles. The van der Waals surface area contributed by atoms with Crippen LogP contribution < -0.4 is 5.73 Å². The number of nitrogens with two attached hydrogens (primary N) is 1. The summed E-state index contributed by atoms with van der Waals surface area (Å²) in [5.41, 5.74) is 6.37. The largest absolute Gasteiger partial charge is 0.368 e. The zero-order valence-electron chi connectivity index (χ0n) is 9.15. The van der Waals surface area contributed by atoms with Crippen LogP contribution in [0.15, 0.2) is 46.3 Å². The topological polar surface area (TPSA) is 71.1 Å². The van der Waals surface area contributed by atoms with Crippen LogP contribution in [0.25, 0.3) is 0 Å². The maximum absolute atomic E-state index is 11.2. The number of primary amides is 1. The molecule has 5 heteroatoms. The van der Waals surface area contributed by atoms with Crippen molar-refractivity contribution in [1.82, 2.24) is 4.90 Å². The lowest BCUT2D eigenvalue weighted by atomic mass is 10.0. The summed E-state index contributed by atoms with van der Waals surface area (Å²) in [5.74, 6) is 0.693. The van der Waals surface area contributed by atoms with Crippen molar-refractivity contribution in [3.63, 3.8) is 0 Å². The summed E-state index contributed by atoms with van der Waals surface area (Å²) in [6.45, 7) is 0. The van der Waals surface area contributed by atoms with Gasteiger partial charge in [0.1, 0.15) is 11.9 Å². The van der Waals surface area contributed by atoms with Crippen LogP contribution in [-0.2, 0) is 4.79 Å². The highest BCUT2D eigenvalue weighted by atomic mass is 16.1. The lowest BCUT2D eigenvalue weighted by Crippen LogP contribution is -2.32. The van der Waals surface area contributed by atoms with Crippen LogP contribution in [0.5, 0.6) is 0 Å². The van der Waals surface area contributed by atoms with Crippen molar-refractivity contribution in [3.05, 3.63) is 36.3 Å². The quantitative estimate of drug-likeness (QED) is 0.666. The average molecular weight is 228 g/mol. The van der Waals surface area contributed by atoms with E-state index in [9.17, 15) is 4.79 Å². The lowest BCUT2D eigenvalue weighted by Gasteiger charge is -2.20. The second-order valence-corrected chi connectivity index (χ2v) is 4.16. The highest BCUT2D eigenvalue weighted by Crippen LogP contribution is 2.33. The van der Waals surface area contributed by atoms with E-state index in [-0.39, 0.29) is 5.92 Å². The first-order chi connectivity index (χ1) is 8.25. The summed E-state index contributed by atoms with van der Waals surface area (Å²) in [6, 6.07) is -0.543. The number of allylic oxidation sites excluding steroid dienone is 2. The molecule has 0 aliphatic carbocycles. The Morgan fingerprint density at radius 1 is 1.47 bits per heavy atom. The maximum Gasteiger partial charge on any atom is 0.246 e. The molecule has 5 nitrogen and oxygen atoms in total. The number of rotatable bonds is 1. The molecule has 86 valence electrons. The van der Waals surface area contributed by atoms with Gasteiger partial charge in [-0.15, -0.1) is 0 Å². The Labute approximate surface area is 98.7 Å².